The Morgan fingerprint density at radius 2 is 2.21 bits per heavy atom. The summed E-state index contributed by atoms with van der Waals surface area (Å²) in [5.74, 6) is 5.85. The summed E-state index contributed by atoms with van der Waals surface area (Å²) in [7, 11) is 1.71. The summed E-state index contributed by atoms with van der Waals surface area (Å²) >= 11 is 0. The van der Waals surface area contributed by atoms with Crippen molar-refractivity contribution in [2.75, 3.05) is 32.2 Å². The van der Waals surface area contributed by atoms with Crippen molar-refractivity contribution in [3.8, 4) is 0 Å². The molecule has 2 rings (SSSR count). The maximum atomic E-state index is 12.4. The highest BCUT2D eigenvalue weighted by molar-refractivity contribution is 5.94. The number of rotatable bonds is 4. The molecule has 3 N–H and O–H groups in total. The van der Waals surface area contributed by atoms with Crippen LogP contribution in [0.3, 0.4) is 0 Å². The van der Waals surface area contributed by atoms with Gasteiger partial charge in [-0.15, -0.1) is 0 Å². The predicted molar refractivity (Wildman–Crippen MR) is 74.8 cm³/mol. The topological polar surface area (TPSA) is 67.6 Å². The first-order valence-electron chi connectivity index (χ1n) is 6.59. The van der Waals surface area contributed by atoms with Crippen molar-refractivity contribution >= 4 is 11.6 Å². The van der Waals surface area contributed by atoms with Gasteiger partial charge in [-0.2, -0.15) is 0 Å². The Hall–Kier alpha value is -1.59. The van der Waals surface area contributed by atoms with Crippen LogP contribution in [0.1, 0.15) is 23.2 Å². The molecule has 1 unspecified atom stereocenters. The first kappa shape index (κ1) is 13.8. The maximum absolute atomic E-state index is 12.4. The molecule has 19 heavy (non-hydrogen) atoms. The Morgan fingerprint density at radius 3 is 2.84 bits per heavy atom. The van der Waals surface area contributed by atoms with Gasteiger partial charge in [-0.05, 0) is 43.0 Å². The molecule has 0 saturated carbocycles. The van der Waals surface area contributed by atoms with Crippen LogP contribution in [0.5, 0.6) is 0 Å². The minimum absolute atomic E-state index is 0.0874. The number of hydrogen-bond donors (Lipinski definition) is 2. The summed E-state index contributed by atoms with van der Waals surface area (Å²) in [5, 5.41) is 0. The number of nitrogens with zero attached hydrogens (tertiary/aromatic N) is 1. The molecule has 104 valence electrons. The van der Waals surface area contributed by atoms with Crippen LogP contribution in [0.25, 0.3) is 0 Å². The summed E-state index contributed by atoms with van der Waals surface area (Å²) in [6.07, 6.45) is 2.18. The molecule has 1 fully saturated rings. The summed E-state index contributed by atoms with van der Waals surface area (Å²) < 4.78 is 5.19. The van der Waals surface area contributed by atoms with E-state index in [1.165, 1.54) is 0 Å². The van der Waals surface area contributed by atoms with Gasteiger partial charge in [-0.25, -0.2) is 0 Å². The number of likely N-dealkylation sites (tertiary alicyclic amines) is 1. The van der Waals surface area contributed by atoms with Crippen LogP contribution >= 0.6 is 0 Å². The summed E-state index contributed by atoms with van der Waals surface area (Å²) in [5.41, 5.74) is 4.06. The van der Waals surface area contributed by atoms with Crippen LogP contribution in [0.15, 0.2) is 24.3 Å². The summed E-state index contributed by atoms with van der Waals surface area (Å²) in [6.45, 7) is 2.33. The molecule has 1 aliphatic rings. The third-order valence-electron chi connectivity index (χ3n) is 3.51. The van der Waals surface area contributed by atoms with E-state index in [0.29, 0.717) is 11.5 Å². The lowest BCUT2D eigenvalue weighted by Crippen LogP contribution is -2.41. The Morgan fingerprint density at radius 1 is 1.47 bits per heavy atom. The van der Waals surface area contributed by atoms with Gasteiger partial charge in [0.05, 0.1) is 6.61 Å². The molecule has 0 spiro atoms. The fraction of sp³-hybridized carbons (Fsp3) is 0.500. The van der Waals surface area contributed by atoms with Crippen molar-refractivity contribution in [3.63, 3.8) is 0 Å². The number of ether oxygens (including phenoxy) is 1. The molecule has 0 radical (unpaired) electrons. The number of piperidine rings is 1. The van der Waals surface area contributed by atoms with Gasteiger partial charge >= 0.3 is 0 Å². The highest BCUT2D eigenvalue weighted by atomic mass is 16.5. The zero-order valence-corrected chi connectivity index (χ0v) is 11.3. The largest absolute Gasteiger partial charge is 0.384 e. The Kier molecular flexibility index (Phi) is 4.76. The van der Waals surface area contributed by atoms with Crippen molar-refractivity contribution in [1.82, 2.24) is 4.90 Å². The second-order valence-corrected chi connectivity index (χ2v) is 4.94. The van der Waals surface area contributed by atoms with Crippen LogP contribution in [0.4, 0.5) is 5.69 Å². The lowest BCUT2D eigenvalue weighted by Gasteiger charge is -2.32. The molecule has 1 amide bonds. The first-order valence-corrected chi connectivity index (χ1v) is 6.59. The third-order valence-corrected chi connectivity index (χ3v) is 3.51. The van der Waals surface area contributed by atoms with Crippen LogP contribution in [0, 0.1) is 5.92 Å². The van der Waals surface area contributed by atoms with E-state index in [9.17, 15) is 4.79 Å². The molecule has 1 aliphatic heterocycles. The molecular weight excluding hydrogens is 242 g/mol. The summed E-state index contributed by atoms with van der Waals surface area (Å²) in [4.78, 5) is 14.3. The Balaban J connectivity index is 2.01. The molecule has 0 aromatic heterocycles. The smallest absolute Gasteiger partial charge is 0.253 e. The van der Waals surface area contributed by atoms with E-state index in [1.807, 2.05) is 17.0 Å². The van der Waals surface area contributed by atoms with Crippen LogP contribution < -0.4 is 11.3 Å². The molecule has 5 heteroatoms. The standard InChI is InChI=1S/C14H21N3O2/c1-19-10-11-3-2-8-17(9-11)14(18)12-4-6-13(16-15)7-5-12/h4-7,11,16H,2-3,8-10,15H2,1H3. The zero-order chi connectivity index (χ0) is 13.7. The van der Waals surface area contributed by atoms with E-state index in [0.717, 1.165) is 38.2 Å². The van der Waals surface area contributed by atoms with Gasteiger partial charge in [0.2, 0.25) is 0 Å². The van der Waals surface area contributed by atoms with Gasteiger partial charge in [0.1, 0.15) is 0 Å². The van der Waals surface area contributed by atoms with Gasteiger partial charge < -0.3 is 15.1 Å². The number of carbonyl (C=O) groups excluding carboxylic acids is 1. The van der Waals surface area contributed by atoms with Crippen LogP contribution in [0.2, 0.25) is 0 Å². The van der Waals surface area contributed by atoms with Gasteiger partial charge in [0.25, 0.3) is 5.91 Å². The van der Waals surface area contributed by atoms with Crippen molar-refractivity contribution in [2.24, 2.45) is 11.8 Å². The van der Waals surface area contributed by atoms with Crippen molar-refractivity contribution in [2.45, 2.75) is 12.8 Å². The number of nitrogens with one attached hydrogen (secondary N) is 1. The van der Waals surface area contributed by atoms with E-state index < -0.39 is 0 Å². The highest BCUT2D eigenvalue weighted by Gasteiger charge is 2.24. The Bertz CT molecular complexity index is 417. The maximum Gasteiger partial charge on any atom is 0.253 e. The number of nitrogens with two attached hydrogens (primary N) is 1. The number of hydrogen-bond acceptors (Lipinski definition) is 4. The normalized spacial score (nSPS) is 19.3. The van der Waals surface area contributed by atoms with Crippen molar-refractivity contribution in [1.29, 1.82) is 0 Å². The second-order valence-electron chi connectivity index (χ2n) is 4.94. The third kappa shape index (κ3) is 3.45. The average Bonchev–Trinajstić information content (AvgIpc) is 2.47. The fourth-order valence-electron chi connectivity index (χ4n) is 2.51. The van der Waals surface area contributed by atoms with E-state index in [2.05, 4.69) is 5.43 Å². The minimum Gasteiger partial charge on any atom is -0.384 e. The minimum atomic E-state index is 0.0874. The quantitative estimate of drug-likeness (QED) is 0.637. The van der Waals surface area contributed by atoms with E-state index in [4.69, 9.17) is 10.6 Å². The number of methoxy groups -OCH3 is 1. The molecule has 1 saturated heterocycles. The van der Waals surface area contributed by atoms with Gasteiger partial charge in [0, 0.05) is 31.5 Å². The number of hydrazine groups is 1. The lowest BCUT2D eigenvalue weighted by molar-refractivity contribution is 0.0571. The molecule has 0 aliphatic carbocycles. The van der Waals surface area contributed by atoms with Gasteiger partial charge in [-0.1, -0.05) is 0 Å². The number of amides is 1. The molecule has 5 nitrogen and oxygen atoms in total. The predicted octanol–water partition coefficient (Wildman–Crippen LogP) is 1.47. The molecule has 1 atom stereocenters. The first-order chi connectivity index (χ1) is 9.24. The second kappa shape index (κ2) is 6.54. The molecule has 0 bridgehead atoms. The lowest BCUT2D eigenvalue weighted by atomic mass is 9.98. The zero-order valence-electron chi connectivity index (χ0n) is 11.3. The number of benzene rings is 1. The molecule has 1 heterocycles. The van der Waals surface area contributed by atoms with Gasteiger partial charge in [-0.3, -0.25) is 10.6 Å². The van der Waals surface area contributed by atoms with Crippen molar-refractivity contribution in [3.05, 3.63) is 29.8 Å². The van der Waals surface area contributed by atoms with E-state index >= 15 is 0 Å². The molecular formula is C14H21N3O2. The number of anilines is 1. The van der Waals surface area contributed by atoms with Gasteiger partial charge in [0.15, 0.2) is 0 Å². The Labute approximate surface area is 113 Å². The number of nitrogen functional groups attached to an aromatic ring is 1. The summed E-state index contributed by atoms with van der Waals surface area (Å²) in [6, 6.07) is 7.22. The van der Waals surface area contributed by atoms with Crippen LogP contribution in [-0.4, -0.2) is 37.6 Å². The average molecular weight is 263 g/mol. The monoisotopic (exact) mass is 263 g/mol. The fourth-order valence-corrected chi connectivity index (χ4v) is 2.51. The van der Waals surface area contributed by atoms with E-state index in [1.54, 1.807) is 19.2 Å². The molecule has 1 aromatic carbocycles. The van der Waals surface area contributed by atoms with E-state index in [-0.39, 0.29) is 5.91 Å². The SMILES string of the molecule is COCC1CCCN(C(=O)c2ccc(NN)cc2)C1. The van der Waals surface area contributed by atoms with Crippen LogP contribution in [-0.2, 0) is 4.74 Å². The molecule has 1 aromatic rings. The van der Waals surface area contributed by atoms with Crippen molar-refractivity contribution < 1.29 is 9.53 Å². The number of carbonyl (C=O) groups is 1. The highest BCUT2D eigenvalue weighted by Crippen LogP contribution is 2.19.